The minimum Gasteiger partial charge on any atom is -0.305 e. The summed E-state index contributed by atoms with van der Waals surface area (Å²) < 4.78 is 0. The van der Waals surface area contributed by atoms with Crippen molar-refractivity contribution in [2.45, 2.75) is 5.66 Å². The van der Waals surface area contributed by atoms with Crippen LogP contribution in [0.4, 0.5) is 5.69 Å². The van der Waals surface area contributed by atoms with Crippen LogP contribution in [0.3, 0.4) is 0 Å². The Morgan fingerprint density at radius 1 is 1.25 bits per heavy atom. The summed E-state index contributed by atoms with van der Waals surface area (Å²) in [6.07, 6.45) is 0. The lowest BCUT2D eigenvalue weighted by Gasteiger charge is -2.29. The molecule has 0 aromatic heterocycles. The van der Waals surface area contributed by atoms with Crippen LogP contribution in [0.2, 0.25) is 0 Å². The molecule has 1 aliphatic heterocycles. The first-order valence-corrected chi connectivity index (χ1v) is 5.46. The van der Waals surface area contributed by atoms with Gasteiger partial charge in [-0.1, -0.05) is 12.1 Å². The van der Waals surface area contributed by atoms with Crippen molar-refractivity contribution in [3.05, 3.63) is 36.2 Å². The van der Waals surface area contributed by atoms with E-state index in [1.165, 1.54) is 11.3 Å². The van der Waals surface area contributed by atoms with Crippen LogP contribution in [-0.4, -0.2) is 27.7 Å². The van der Waals surface area contributed by atoms with Crippen molar-refractivity contribution < 1.29 is 0 Å². The van der Waals surface area contributed by atoms with Crippen molar-refractivity contribution >= 4 is 5.69 Å². The van der Waals surface area contributed by atoms with Crippen LogP contribution < -0.4 is 21.1 Å². The molecule has 0 atom stereocenters. The van der Waals surface area contributed by atoms with Crippen LogP contribution in [0.15, 0.2) is 18.2 Å². The molecule has 0 aliphatic carbocycles. The summed E-state index contributed by atoms with van der Waals surface area (Å²) >= 11 is 0. The predicted molar refractivity (Wildman–Crippen MR) is 67.1 cm³/mol. The van der Waals surface area contributed by atoms with Crippen molar-refractivity contribution in [3.8, 4) is 0 Å². The maximum atomic E-state index is 3.99. The first-order valence-electron chi connectivity index (χ1n) is 5.46. The maximum absolute atomic E-state index is 3.99. The zero-order chi connectivity index (χ0) is 11.8. The third-order valence-corrected chi connectivity index (χ3v) is 3.33. The fourth-order valence-corrected chi connectivity index (χ4v) is 2.32. The number of hydrogen-bond donors (Lipinski definition) is 3. The summed E-state index contributed by atoms with van der Waals surface area (Å²) in [5, 5.41) is 8.84. The summed E-state index contributed by atoms with van der Waals surface area (Å²) in [4.78, 5) is 0. The highest BCUT2D eigenvalue weighted by molar-refractivity contribution is 5.62. The SMILES string of the molecule is [CH2]c1ccc2c(c1)C(NC)(NC)CN2NC. The van der Waals surface area contributed by atoms with Gasteiger partial charge in [-0.15, -0.1) is 0 Å². The van der Waals surface area contributed by atoms with E-state index < -0.39 is 0 Å². The molecule has 0 unspecified atom stereocenters. The predicted octanol–water partition coefficient (Wildman–Crippen LogP) is 0.415. The third kappa shape index (κ3) is 1.50. The number of benzene rings is 1. The molecule has 4 heteroatoms. The van der Waals surface area contributed by atoms with Crippen LogP contribution in [0, 0.1) is 6.92 Å². The van der Waals surface area contributed by atoms with Gasteiger partial charge in [0.1, 0.15) is 5.66 Å². The van der Waals surface area contributed by atoms with Crippen LogP contribution in [-0.2, 0) is 5.66 Å². The van der Waals surface area contributed by atoms with E-state index in [1.54, 1.807) is 0 Å². The normalized spacial score (nSPS) is 17.6. The summed E-state index contributed by atoms with van der Waals surface area (Å²) in [7, 11) is 5.87. The Kier molecular flexibility index (Phi) is 2.88. The fraction of sp³-hybridized carbons (Fsp3) is 0.417. The Hall–Kier alpha value is -1.10. The average Bonchev–Trinajstić information content (AvgIpc) is 2.63. The highest BCUT2D eigenvalue weighted by Crippen LogP contribution is 2.36. The van der Waals surface area contributed by atoms with Crippen LogP contribution in [0.5, 0.6) is 0 Å². The fourth-order valence-electron chi connectivity index (χ4n) is 2.32. The molecule has 1 aromatic carbocycles. The van der Waals surface area contributed by atoms with E-state index >= 15 is 0 Å². The van der Waals surface area contributed by atoms with E-state index in [1.807, 2.05) is 27.2 Å². The molecular weight excluding hydrogens is 200 g/mol. The van der Waals surface area contributed by atoms with Gasteiger partial charge in [-0.2, -0.15) is 0 Å². The molecule has 0 spiro atoms. The van der Waals surface area contributed by atoms with E-state index in [0.717, 1.165) is 12.1 Å². The summed E-state index contributed by atoms with van der Waals surface area (Å²) in [5.74, 6) is 0. The molecule has 0 saturated carbocycles. The minimum absolute atomic E-state index is 0.202. The topological polar surface area (TPSA) is 39.3 Å². The van der Waals surface area contributed by atoms with Crippen molar-refractivity contribution in [2.24, 2.45) is 0 Å². The van der Waals surface area contributed by atoms with Gasteiger partial charge in [-0.25, -0.2) is 5.43 Å². The summed E-state index contributed by atoms with van der Waals surface area (Å²) in [6, 6.07) is 6.26. The lowest BCUT2D eigenvalue weighted by atomic mass is 10.00. The first kappa shape index (κ1) is 11.4. The molecule has 87 valence electrons. The zero-order valence-corrected chi connectivity index (χ0v) is 10.1. The molecule has 1 heterocycles. The zero-order valence-electron chi connectivity index (χ0n) is 10.1. The lowest BCUT2D eigenvalue weighted by Crippen LogP contribution is -2.55. The molecule has 1 aromatic rings. The number of likely N-dealkylation sites (N-methyl/N-ethyl adjacent to an activating group) is 2. The molecule has 2 rings (SSSR count). The smallest absolute Gasteiger partial charge is 0.116 e. The lowest BCUT2D eigenvalue weighted by molar-refractivity contribution is 0.320. The highest BCUT2D eigenvalue weighted by atomic mass is 15.5. The first-order chi connectivity index (χ1) is 7.66. The second-order valence-electron chi connectivity index (χ2n) is 4.07. The molecule has 3 N–H and O–H groups in total. The molecule has 1 radical (unpaired) electrons. The number of hydrazine groups is 1. The number of rotatable bonds is 3. The molecule has 1 aliphatic rings. The Balaban J connectivity index is 2.54. The van der Waals surface area contributed by atoms with E-state index in [-0.39, 0.29) is 5.66 Å². The maximum Gasteiger partial charge on any atom is 0.116 e. The molecular formula is C12H19N4. The van der Waals surface area contributed by atoms with E-state index in [9.17, 15) is 0 Å². The largest absolute Gasteiger partial charge is 0.305 e. The van der Waals surface area contributed by atoms with Gasteiger partial charge in [0.05, 0.1) is 12.2 Å². The van der Waals surface area contributed by atoms with Crippen molar-refractivity contribution in [1.82, 2.24) is 16.1 Å². The van der Waals surface area contributed by atoms with Gasteiger partial charge in [-0.05, 0) is 32.6 Å². The number of fused-ring (bicyclic) bond motifs is 1. The average molecular weight is 219 g/mol. The minimum atomic E-state index is -0.202. The van der Waals surface area contributed by atoms with Crippen molar-refractivity contribution in [3.63, 3.8) is 0 Å². The van der Waals surface area contributed by atoms with Gasteiger partial charge >= 0.3 is 0 Å². The molecule has 0 bridgehead atoms. The Bertz CT molecular complexity index is 385. The van der Waals surface area contributed by atoms with Gasteiger partial charge in [0, 0.05) is 12.6 Å². The number of hydrogen-bond acceptors (Lipinski definition) is 4. The van der Waals surface area contributed by atoms with Crippen LogP contribution >= 0.6 is 0 Å². The monoisotopic (exact) mass is 219 g/mol. The Labute approximate surface area is 97.0 Å². The van der Waals surface area contributed by atoms with Gasteiger partial charge in [0.15, 0.2) is 0 Å². The standard InChI is InChI=1S/C12H19N4/c1-9-5-6-11-10(7-9)12(13-2,14-3)8-16(11)15-4/h5-7,13-15H,1,8H2,2-4H3. The van der Waals surface area contributed by atoms with E-state index in [4.69, 9.17) is 0 Å². The van der Waals surface area contributed by atoms with Crippen molar-refractivity contribution in [1.29, 1.82) is 0 Å². The quantitative estimate of drug-likeness (QED) is 0.644. The molecule has 4 nitrogen and oxygen atoms in total. The highest BCUT2D eigenvalue weighted by Gasteiger charge is 2.40. The van der Waals surface area contributed by atoms with Gasteiger partial charge < -0.3 is 5.01 Å². The van der Waals surface area contributed by atoms with Crippen molar-refractivity contribution in [2.75, 3.05) is 32.7 Å². The number of nitrogens with one attached hydrogen (secondary N) is 3. The number of nitrogens with zero attached hydrogens (tertiary/aromatic N) is 1. The van der Waals surface area contributed by atoms with Gasteiger partial charge in [0.25, 0.3) is 0 Å². The summed E-state index contributed by atoms with van der Waals surface area (Å²) in [5.41, 5.74) is 6.46. The molecule has 0 fully saturated rings. The number of anilines is 1. The van der Waals surface area contributed by atoms with E-state index in [0.29, 0.717) is 0 Å². The third-order valence-electron chi connectivity index (χ3n) is 3.33. The summed E-state index contributed by atoms with van der Waals surface area (Å²) in [6.45, 7) is 4.83. The molecule has 0 amide bonds. The second-order valence-corrected chi connectivity index (χ2v) is 4.07. The van der Waals surface area contributed by atoms with Gasteiger partial charge in [-0.3, -0.25) is 10.6 Å². The molecule has 0 saturated heterocycles. The van der Waals surface area contributed by atoms with Crippen LogP contribution in [0.1, 0.15) is 11.1 Å². The Morgan fingerprint density at radius 2 is 1.94 bits per heavy atom. The van der Waals surface area contributed by atoms with Gasteiger partial charge in [0.2, 0.25) is 0 Å². The van der Waals surface area contributed by atoms with Crippen LogP contribution in [0.25, 0.3) is 0 Å². The van der Waals surface area contributed by atoms with E-state index in [2.05, 4.69) is 40.1 Å². The Morgan fingerprint density at radius 3 is 2.50 bits per heavy atom. The molecule has 16 heavy (non-hydrogen) atoms. The second kappa shape index (κ2) is 4.05.